The smallest absolute Gasteiger partial charge is 0.410 e. The first-order valence-electron chi connectivity index (χ1n) is 9.51. The first-order valence-corrected chi connectivity index (χ1v) is 9.51. The molecule has 1 fully saturated rings. The Hall–Kier alpha value is -2.44. The summed E-state index contributed by atoms with van der Waals surface area (Å²) in [5.41, 5.74) is 1.48. The van der Waals surface area contributed by atoms with Crippen LogP contribution in [0.3, 0.4) is 0 Å². The number of hydrogen-bond acceptors (Lipinski definition) is 4. The molecule has 7 heteroatoms. The van der Waals surface area contributed by atoms with Crippen molar-refractivity contribution in [3.8, 4) is 5.82 Å². The number of nitrogens with zero attached hydrogens (tertiary/aromatic N) is 4. The molecule has 0 radical (unpaired) electrons. The molecule has 4 heterocycles. The first-order chi connectivity index (χ1) is 12.8. The fourth-order valence-electron chi connectivity index (χ4n) is 3.80. The number of rotatable bonds is 1. The van der Waals surface area contributed by atoms with Gasteiger partial charge in [-0.15, -0.1) is 0 Å². The van der Waals surface area contributed by atoms with E-state index in [1.165, 1.54) is 6.20 Å². The Morgan fingerprint density at radius 1 is 1.26 bits per heavy atom. The minimum absolute atomic E-state index is 0.245. The topological polar surface area (TPSA) is 60.2 Å². The third-order valence-corrected chi connectivity index (χ3v) is 5.12. The summed E-state index contributed by atoms with van der Waals surface area (Å²) in [6.07, 6.45) is 6.31. The van der Waals surface area contributed by atoms with Crippen molar-refractivity contribution < 1.29 is 13.9 Å². The van der Waals surface area contributed by atoms with Crippen molar-refractivity contribution in [2.45, 2.75) is 58.0 Å². The third-order valence-electron chi connectivity index (χ3n) is 5.12. The number of carbonyl (C=O) groups excluding carboxylic acids is 1. The molecule has 2 aromatic rings. The lowest BCUT2D eigenvalue weighted by Crippen LogP contribution is -2.41. The number of likely N-dealkylation sites (tertiary alicyclic amines) is 1. The summed E-state index contributed by atoms with van der Waals surface area (Å²) in [6.45, 7) is 6.98. The number of ether oxygens (including phenoxy) is 1. The number of halogens is 1. The molecule has 27 heavy (non-hydrogen) atoms. The van der Waals surface area contributed by atoms with Crippen molar-refractivity contribution in [3.63, 3.8) is 0 Å². The van der Waals surface area contributed by atoms with Gasteiger partial charge in [-0.25, -0.2) is 19.2 Å². The molecule has 0 aliphatic carbocycles. The maximum Gasteiger partial charge on any atom is 0.410 e. The minimum atomic E-state index is -0.475. The number of piperidine rings is 1. The van der Waals surface area contributed by atoms with Gasteiger partial charge in [-0.05, 0) is 51.7 Å². The highest BCUT2D eigenvalue weighted by molar-refractivity contribution is 5.68. The molecular weight excluding hydrogens is 347 g/mol. The predicted molar refractivity (Wildman–Crippen MR) is 98.5 cm³/mol. The van der Waals surface area contributed by atoms with Crippen molar-refractivity contribution in [2.75, 3.05) is 13.1 Å². The summed E-state index contributed by atoms with van der Waals surface area (Å²) >= 11 is 0. The summed E-state index contributed by atoms with van der Waals surface area (Å²) in [5.74, 6) is 1.77. The van der Waals surface area contributed by atoms with Gasteiger partial charge in [-0.3, -0.25) is 4.57 Å². The second-order valence-corrected chi connectivity index (χ2v) is 8.33. The molecule has 0 aromatic carbocycles. The molecule has 0 unspecified atom stereocenters. The molecule has 2 aromatic heterocycles. The molecule has 4 rings (SSSR count). The van der Waals surface area contributed by atoms with Crippen LogP contribution in [-0.4, -0.2) is 44.2 Å². The molecule has 1 amide bonds. The standard InChI is InChI=1S/C20H25FN4O2/c1-20(2,3)27-19(26)24-8-6-13(7-9-24)16-12-25-17(23-16)5-4-14-10-15(21)11-22-18(14)25/h10-13H,4-9H2,1-3H3. The Kier molecular flexibility index (Phi) is 4.40. The fourth-order valence-corrected chi connectivity index (χ4v) is 3.80. The van der Waals surface area contributed by atoms with Gasteiger partial charge in [0, 0.05) is 31.6 Å². The van der Waals surface area contributed by atoms with Gasteiger partial charge in [0.2, 0.25) is 0 Å². The van der Waals surface area contributed by atoms with Crippen molar-refractivity contribution in [1.29, 1.82) is 0 Å². The molecule has 144 valence electrons. The van der Waals surface area contributed by atoms with Gasteiger partial charge >= 0.3 is 6.09 Å². The Morgan fingerprint density at radius 2 is 2.00 bits per heavy atom. The molecule has 1 saturated heterocycles. The second-order valence-electron chi connectivity index (χ2n) is 8.33. The minimum Gasteiger partial charge on any atom is -0.444 e. The number of fused-ring (bicyclic) bond motifs is 3. The summed E-state index contributed by atoms with van der Waals surface area (Å²) in [6, 6.07) is 1.56. The van der Waals surface area contributed by atoms with E-state index in [1.54, 1.807) is 11.0 Å². The van der Waals surface area contributed by atoms with Crippen LogP contribution in [0.1, 0.15) is 56.6 Å². The molecule has 2 aliphatic rings. The van der Waals surface area contributed by atoms with Crippen molar-refractivity contribution in [3.05, 3.63) is 41.4 Å². The number of aromatic nitrogens is 3. The molecule has 6 nitrogen and oxygen atoms in total. The summed E-state index contributed by atoms with van der Waals surface area (Å²) in [4.78, 5) is 23.1. The Bertz CT molecular complexity index is 863. The second kappa shape index (κ2) is 6.62. The van der Waals surface area contributed by atoms with Gasteiger partial charge in [0.15, 0.2) is 0 Å². The highest BCUT2D eigenvalue weighted by Crippen LogP contribution is 2.31. The van der Waals surface area contributed by atoms with Gasteiger partial charge in [-0.2, -0.15) is 0 Å². The lowest BCUT2D eigenvalue weighted by molar-refractivity contribution is 0.0204. The molecule has 0 saturated carbocycles. The number of carbonyl (C=O) groups is 1. The van der Waals surface area contributed by atoms with Gasteiger partial charge in [0.05, 0.1) is 11.9 Å². The van der Waals surface area contributed by atoms with Crippen LogP contribution in [0, 0.1) is 5.82 Å². The van der Waals surface area contributed by atoms with E-state index in [-0.39, 0.29) is 11.9 Å². The number of hydrogen-bond donors (Lipinski definition) is 0. The monoisotopic (exact) mass is 372 g/mol. The Labute approximate surface area is 158 Å². The van der Waals surface area contributed by atoms with Gasteiger partial charge in [-0.1, -0.05) is 0 Å². The lowest BCUT2D eigenvalue weighted by Gasteiger charge is -2.32. The third kappa shape index (κ3) is 3.68. The average molecular weight is 372 g/mol. The van der Waals surface area contributed by atoms with Gasteiger partial charge in [0.25, 0.3) is 0 Å². The molecule has 0 spiro atoms. The molecule has 2 aliphatic heterocycles. The highest BCUT2D eigenvalue weighted by Gasteiger charge is 2.30. The van der Waals surface area contributed by atoms with E-state index in [1.807, 2.05) is 31.5 Å². The maximum atomic E-state index is 13.4. The van der Waals surface area contributed by atoms with Crippen LogP contribution < -0.4 is 0 Å². The highest BCUT2D eigenvalue weighted by atomic mass is 19.1. The zero-order chi connectivity index (χ0) is 19.2. The van der Waals surface area contributed by atoms with E-state index < -0.39 is 5.60 Å². The van der Waals surface area contributed by atoms with E-state index in [0.29, 0.717) is 19.0 Å². The molecular formula is C20H25FN4O2. The van der Waals surface area contributed by atoms with Crippen molar-refractivity contribution in [2.24, 2.45) is 0 Å². The Balaban J connectivity index is 1.46. The van der Waals surface area contributed by atoms with E-state index in [2.05, 4.69) is 4.98 Å². The lowest BCUT2D eigenvalue weighted by atomic mass is 9.94. The van der Waals surface area contributed by atoms with E-state index in [9.17, 15) is 9.18 Å². The van der Waals surface area contributed by atoms with Gasteiger partial charge < -0.3 is 9.64 Å². The number of amides is 1. The Morgan fingerprint density at radius 3 is 2.70 bits per heavy atom. The van der Waals surface area contributed by atoms with Crippen LogP contribution in [0.25, 0.3) is 5.82 Å². The molecule has 0 bridgehead atoms. The summed E-state index contributed by atoms with van der Waals surface area (Å²) in [5, 5.41) is 0. The number of imidazole rings is 1. The average Bonchev–Trinajstić information content (AvgIpc) is 3.04. The molecule has 0 N–H and O–H groups in total. The molecule has 0 atom stereocenters. The van der Waals surface area contributed by atoms with E-state index in [4.69, 9.17) is 9.72 Å². The van der Waals surface area contributed by atoms with Crippen molar-refractivity contribution in [1.82, 2.24) is 19.4 Å². The van der Waals surface area contributed by atoms with Crippen LogP contribution in [0.5, 0.6) is 0 Å². The predicted octanol–water partition coefficient (Wildman–Crippen LogP) is 3.62. The van der Waals surface area contributed by atoms with Crippen LogP contribution in [-0.2, 0) is 17.6 Å². The fraction of sp³-hybridized carbons (Fsp3) is 0.550. The van der Waals surface area contributed by atoms with Crippen LogP contribution >= 0.6 is 0 Å². The quantitative estimate of drug-likeness (QED) is 0.767. The van der Waals surface area contributed by atoms with E-state index in [0.717, 1.165) is 48.6 Å². The van der Waals surface area contributed by atoms with Crippen LogP contribution in [0.4, 0.5) is 9.18 Å². The maximum absolute atomic E-state index is 13.4. The zero-order valence-electron chi connectivity index (χ0n) is 16.0. The van der Waals surface area contributed by atoms with E-state index >= 15 is 0 Å². The normalized spacial score (nSPS) is 17.4. The van der Waals surface area contributed by atoms with Crippen LogP contribution in [0.2, 0.25) is 0 Å². The van der Waals surface area contributed by atoms with Crippen molar-refractivity contribution >= 4 is 6.09 Å². The summed E-state index contributed by atoms with van der Waals surface area (Å²) in [7, 11) is 0. The SMILES string of the molecule is CC(C)(C)OC(=O)N1CCC(c2cn3c(n2)CCc2cc(F)cnc2-3)CC1. The summed E-state index contributed by atoms with van der Waals surface area (Å²) < 4.78 is 20.9. The first kappa shape index (κ1) is 17.9. The largest absolute Gasteiger partial charge is 0.444 e. The number of aryl methyl sites for hydroxylation is 2. The zero-order valence-corrected chi connectivity index (χ0v) is 16.0. The van der Waals surface area contributed by atoms with Crippen LogP contribution in [0.15, 0.2) is 18.5 Å². The van der Waals surface area contributed by atoms with Gasteiger partial charge in [0.1, 0.15) is 23.1 Å². The number of pyridine rings is 1.